The topological polar surface area (TPSA) is 87.6 Å². The molecule has 4 N–H and O–H groups in total. The quantitative estimate of drug-likeness (QED) is 0.458. The second-order valence-corrected chi connectivity index (χ2v) is 3.70. The molecule has 0 heterocycles. The van der Waals surface area contributed by atoms with Crippen molar-refractivity contribution in [3.8, 4) is 17.6 Å². The van der Waals surface area contributed by atoms with Gasteiger partial charge in [-0.25, -0.2) is 4.79 Å². The summed E-state index contributed by atoms with van der Waals surface area (Å²) in [6.45, 7) is 1.32. The highest BCUT2D eigenvalue weighted by Crippen LogP contribution is 2.18. The minimum absolute atomic E-state index is 0.221. The predicted molar refractivity (Wildman–Crippen MR) is 72.9 cm³/mol. The molecule has 0 aliphatic rings. The number of hydrogen-bond acceptors (Lipinski definition) is 5. The molecule has 0 aromatic heterocycles. The minimum Gasteiger partial charge on any atom is -0.494 e. The van der Waals surface area contributed by atoms with Gasteiger partial charge in [0.15, 0.2) is 0 Å². The second kappa shape index (κ2) is 8.14. The summed E-state index contributed by atoms with van der Waals surface area (Å²) in [7, 11) is 1.33. The minimum atomic E-state index is -0.435. The number of nitrogens with two attached hydrogens (primary N) is 2. The molecule has 0 bridgehead atoms. The lowest BCUT2D eigenvalue weighted by Crippen LogP contribution is -2.08. The molecule has 1 aromatic carbocycles. The first kappa shape index (κ1) is 15.0. The van der Waals surface area contributed by atoms with E-state index >= 15 is 0 Å². The molecule has 0 saturated carbocycles. The van der Waals surface area contributed by atoms with Gasteiger partial charge < -0.3 is 20.9 Å². The maximum Gasteiger partial charge on any atom is 0.339 e. The smallest absolute Gasteiger partial charge is 0.339 e. The zero-order valence-electron chi connectivity index (χ0n) is 10.9. The molecule has 0 saturated heterocycles. The lowest BCUT2D eigenvalue weighted by Gasteiger charge is -2.08. The van der Waals surface area contributed by atoms with E-state index in [0.29, 0.717) is 30.0 Å². The van der Waals surface area contributed by atoms with Crippen molar-refractivity contribution in [2.75, 3.05) is 26.8 Å². The molecular formula is C14H18N2O3. The molecule has 0 fully saturated rings. The monoisotopic (exact) mass is 262 g/mol. The number of methoxy groups -OCH3 is 1. The van der Waals surface area contributed by atoms with Gasteiger partial charge in [-0.3, -0.25) is 0 Å². The van der Waals surface area contributed by atoms with Gasteiger partial charge in [0, 0.05) is 5.56 Å². The fourth-order valence-corrected chi connectivity index (χ4v) is 1.42. The number of ether oxygens (including phenoxy) is 2. The number of rotatable bonds is 5. The Hall–Kier alpha value is -2.03. The molecule has 102 valence electrons. The van der Waals surface area contributed by atoms with E-state index in [1.165, 1.54) is 7.11 Å². The Morgan fingerprint density at radius 2 is 2.16 bits per heavy atom. The molecule has 0 amide bonds. The van der Waals surface area contributed by atoms with E-state index in [4.69, 9.17) is 20.9 Å². The van der Waals surface area contributed by atoms with Crippen LogP contribution in [0.5, 0.6) is 5.75 Å². The van der Waals surface area contributed by atoms with Crippen molar-refractivity contribution in [2.45, 2.75) is 6.42 Å². The Bertz CT molecular complexity index is 489. The summed E-state index contributed by atoms with van der Waals surface area (Å²) in [6.07, 6.45) is 0.766. The van der Waals surface area contributed by atoms with Gasteiger partial charge in [-0.1, -0.05) is 11.8 Å². The number of esters is 1. The van der Waals surface area contributed by atoms with Crippen LogP contribution in [0.15, 0.2) is 18.2 Å². The highest BCUT2D eigenvalue weighted by atomic mass is 16.5. The molecule has 0 unspecified atom stereocenters. The second-order valence-electron chi connectivity index (χ2n) is 3.70. The van der Waals surface area contributed by atoms with Crippen LogP contribution in [0.25, 0.3) is 0 Å². The molecule has 19 heavy (non-hydrogen) atoms. The molecule has 1 rings (SSSR count). The lowest BCUT2D eigenvalue weighted by atomic mass is 10.1. The van der Waals surface area contributed by atoms with Crippen molar-refractivity contribution in [1.29, 1.82) is 0 Å². The van der Waals surface area contributed by atoms with Gasteiger partial charge in [-0.15, -0.1) is 0 Å². The predicted octanol–water partition coefficient (Wildman–Crippen LogP) is 0.511. The summed E-state index contributed by atoms with van der Waals surface area (Å²) >= 11 is 0. The summed E-state index contributed by atoms with van der Waals surface area (Å²) in [5, 5.41) is 0. The van der Waals surface area contributed by atoms with E-state index in [9.17, 15) is 4.79 Å². The van der Waals surface area contributed by atoms with Crippen LogP contribution in [0.4, 0.5) is 0 Å². The van der Waals surface area contributed by atoms with Gasteiger partial charge in [-0.05, 0) is 31.2 Å². The Balaban J connectivity index is 2.97. The van der Waals surface area contributed by atoms with E-state index in [1.807, 2.05) is 0 Å². The zero-order chi connectivity index (χ0) is 14.1. The molecule has 0 atom stereocenters. The maximum atomic E-state index is 11.6. The average molecular weight is 262 g/mol. The average Bonchev–Trinajstić information content (AvgIpc) is 2.44. The van der Waals surface area contributed by atoms with Gasteiger partial charge in [-0.2, -0.15) is 0 Å². The molecule has 0 aliphatic carbocycles. The van der Waals surface area contributed by atoms with E-state index < -0.39 is 5.97 Å². The van der Waals surface area contributed by atoms with Crippen molar-refractivity contribution < 1.29 is 14.3 Å². The Labute approximate surface area is 112 Å². The first-order valence-corrected chi connectivity index (χ1v) is 5.97. The normalized spacial score (nSPS) is 9.42. The summed E-state index contributed by atoms with van der Waals surface area (Å²) in [5.41, 5.74) is 11.7. The molecule has 0 spiro atoms. The Morgan fingerprint density at radius 1 is 1.37 bits per heavy atom. The van der Waals surface area contributed by atoms with Crippen molar-refractivity contribution in [2.24, 2.45) is 11.5 Å². The summed E-state index contributed by atoms with van der Waals surface area (Å²) in [4.78, 5) is 11.6. The summed E-state index contributed by atoms with van der Waals surface area (Å²) in [5.74, 6) is 5.76. The number of hydrogen-bond donors (Lipinski definition) is 2. The van der Waals surface area contributed by atoms with Crippen molar-refractivity contribution in [3.05, 3.63) is 29.3 Å². The third-order valence-corrected chi connectivity index (χ3v) is 2.34. The fourth-order valence-electron chi connectivity index (χ4n) is 1.42. The van der Waals surface area contributed by atoms with Crippen LogP contribution >= 0.6 is 0 Å². The number of carbonyl (C=O) groups is 1. The van der Waals surface area contributed by atoms with Gasteiger partial charge in [0.25, 0.3) is 0 Å². The summed E-state index contributed by atoms with van der Waals surface area (Å²) in [6, 6.07) is 5.03. The molecule has 0 aliphatic heterocycles. The van der Waals surface area contributed by atoms with Crippen LogP contribution in [0.1, 0.15) is 22.3 Å². The van der Waals surface area contributed by atoms with E-state index in [2.05, 4.69) is 11.8 Å². The zero-order valence-corrected chi connectivity index (χ0v) is 10.9. The third-order valence-electron chi connectivity index (χ3n) is 2.34. The van der Waals surface area contributed by atoms with Crippen molar-refractivity contribution in [3.63, 3.8) is 0 Å². The highest BCUT2D eigenvalue weighted by Gasteiger charge is 2.11. The van der Waals surface area contributed by atoms with Crippen LogP contribution in [0.2, 0.25) is 0 Å². The molecular weight excluding hydrogens is 244 g/mol. The van der Waals surface area contributed by atoms with Gasteiger partial charge in [0.05, 0.1) is 25.8 Å². The van der Waals surface area contributed by atoms with Crippen LogP contribution < -0.4 is 16.2 Å². The van der Waals surface area contributed by atoms with Gasteiger partial charge in [0.2, 0.25) is 0 Å². The first-order chi connectivity index (χ1) is 9.22. The largest absolute Gasteiger partial charge is 0.494 e. The van der Waals surface area contributed by atoms with Crippen LogP contribution in [0, 0.1) is 11.8 Å². The fraction of sp³-hybridized carbons (Fsp3) is 0.357. The highest BCUT2D eigenvalue weighted by molar-refractivity contribution is 5.92. The molecule has 1 aromatic rings. The van der Waals surface area contributed by atoms with Crippen molar-refractivity contribution >= 4 is 5.97 Å². The van der Waals surface area contributed by atoms with Gasteiger partial charge >= 0.3 is 5.97 Å². The van der Waals surface area contributed by atoms with Crippen LogP contribution in [-0.4, -0.2) is 32.8 Å². The Kier molecular flexibility index (Phi) is 6.44. The van der Waals surface area contributed by atoms with Crippen LogP contribution in [-0.2, 0) is 4.74 Å². The Morgan fingerprint density at radius 3 is 2.79 bits per heavy atom. The van der Waals surface area contributed by atoms with Crippen LogP contribution in [0.3, 0.4) is 0 Å². The third kappa shape index (κ3) is 4.62. The maximum absolute atomic E-state index is 11.6. The summed E-state index contributed by atoms with van der Waals surface area (Å²) < 4.78 is 10.2. The van der Waals surface area contributed by atoms with E-state index in [1.54, 1.807) is 18.2 Å². The lowest BCUT2D eigenvalue weighted by molar-refractivity contribution is 0.0600. The van der Waals surface area contributed by atoms with E-state index in [0.717, 1.165) is 6.42 Å². The SMILES string of the molecule is COC(=O)c1ccc(OCCCN)cc1C#CCN. The molecule has 0 radical (unpaired) electrons. The van der Waals surface area contributed by atoms with Crippen molar-refractivity contribution in [1.82, 2.24) is 0 Å². The van der Waals surface area contributed by atoms with Gasteiger partial charge in [0.1, 0.15) is 5.75 Å². The number of carbonyl (C=O) groups excluding carboxylic acids is 1. The first-order valence-electron chi connectivity index (χ1n) is 5.97. The molecule has 5 heteroatoms. The van der Waals surface area contributed by atoms with E-state index in [-0.39, 0.29) is 6.54 Å². The molecule has 5 nitrogen and oxygen atoms in total. The standard InChI is InChI=1S/C14H18N2O3/c1-18-14(17)13-6-5-12(19-9-3-8-16)10-11(13)4-2-7-15/h5-6,10H,3,7-9,15-16H2,1H3. The number of benzene rings is 1.